The number of amides is 1. The second-order valence-electron chi connectivity index (χ2n) is 4.67. The monoisotopic (exact) mass is 318 g/mol. The van der Waals surface area contributed by atoms with Gasteiger partial charge in [-0.3, -0.25) is 14.9 Å². The number of aromatic nitrogens is 3. The third-order valence-corrected chi connectivity index (χ3v) is 3.84. The smallest absolute Gasteiger partial charge is 0.246 e. The van der Waals surface area contributed by atoms with Gasteiger partial charge in [-0.25, -0.2) is 4.39 Å². The molecule has 0 saturated carbocycles. The highest BCUT2D eigenvalue weighted by Gasteiger charge is 2.13. The molecule has 112 valence electrons. The Morgan fingerprint density at radius 1 is 1.45 bits per heavy atom. The summed E-state index contributed by atoms with van der Waals surface area (Å²) in [6, 6.07) is 4.11. The average Bonchev–Trinajstić information content (AvgIpc) is 3.02. The molecule has 0 aliphatic carbocycles. The van der Waals surface area contributed by atoms with Crippen molar-refractivity contribution in [3.05, 3.63) is 40.8 Å². The van der Waals surface area contributed by atoms with Crippen molar-refractivity contribution in [3.63, 3.8) is 0 Å². The van der Waals surface area contributed by atoms with Gasteiger partial charge in [-0.15, -0.1) is 10.2 Å². The van der Waals surface area contributed by atoms with Gasteiger partial charge < -0.3 is 4.57 Å². The number of aryl methyl sites for hydroxylation is 1. The number of carbonyl (C=O) groups is 2. The molecule has 1 aromatic carbocycles. The molecule has 2 heterocycles. The molecule has 0 spiro atoms. The van der Waals surface area contributed by atoms with E-state index in [9.17, 15) is 14.0 Å². The van der Waals surface area contributed by atoms with E-state index >= 15 is 0 Å². The minimum Gasteiger partial charge on any atom is -0.337 e. The maximum absolute atomic E-state index is 13.3. The van der Waals surface area contributed by atoms with Crippen LogP contribution in [-0.2, 0) is 11.3 Å². The predicted molar refractivity (Wildman–Crippen MR) is 80.6 cm³/mol. The lowest BCUT2D eigenvalue weighted by molar-refractivity contribution is -0.116. The standard InChI is InChI=1S/C14H11FN4O2S/c1-8-17-18-14(22-8)16-13(21)6-19-5-9(7-20)11-4-10(15)2-3-12(11)19/h2-5,7H,6H2,1H3,(H,16,18,21). The summed E-state index contributed by atoms with van der Waals surface area (Å²) in [5.74, 6) is -0.725. The van der Waals surface area contributed by atoms with Crippen molar-refractivity contribution in [2.24, 2.45) is 0 Å². The summed E-state index contributed by atoms with van der Waals surface area (Å²) >= 11 is 1.27. The van der Waals surface area contributed by atoms with Crippen LogP contribution in [0.3, 0.4) is 0 Å². The largest absolute Gasteiger partial charge is 0.337 e. The Labute approximate surface area is 128 Å². The summed E-state index contributed by atoms with van der Waals surface area (Å²) < 4.78 is 14.9. The minimum atomic E-state index is -0.429. The van der Waals surface area contributed by atoms with Crippen LogP contribution in [0.4, 0.5) is 9.52 Å². The number of nitrogens with one attached hydrogen (secondary N) is 1. The highest BCUT2D eigenvalue weighted by atomic mass is 32.1. The molecular weight excluding hydrogens is 307 g/mol. The number of fused-ring (bicyclic) bond motifs is 1. The molecule has 0 saturated heterocycles. The molecule has 0 radical (unpaired) electrons. The SMILES string of the molecule is Cc1nnc(NC(=O)Cn2cc(C=O)c3cc(F)ccc32)s1. The highest BCUT2D eigenvalue weighted by molar-refractivity contribution is 7.15. The quantitative estimate of drug-likeness (QED) is 0.749. The van der Waals surface area contributed by atoms with Crippen molar-refractivity contribution in [1.29, 1.82) is 0 Å². The van der Waals surface area contributed by atoms with E-state index in [0.717, 1.165) is 5.01 Å². The molecule has 22 heavy (non-hydrogen) atoms. The summed E-state index contributed by atoms with van der Waals surface area (Å²) in [6.07, 6.45) is 2.17. The van der Waals surface area contributed by atoms with Gasteiger partial charge in [0.25, 0.3) is 0 Å². The van der Waals surface area contributed by atoms with Gasteiger partial charge in [0.1, 0.15) is 17.4 Å². The van der Waals surface area contributed by atoms with Crippen LogP contribution >= 0.6 is 11.3 Å². The third kappa shape index (κ3) is 2.73. The Bertz CT molecular complexity index is 871. The first-order chi connectivity index (χ1) is 10.6. The molecule has 3 aromatic rings. The summed E-state index contributed by atoms with van der Waals surface area (Å²) in [6.45, 7) is 1.78. The lowest BCUT2D eigenvalue weighted by Gasteiger charge is -2.04. The van der Waals surface area contributed by atoms with Gasteiger partial charge in [0.2, 0.25) is 11.0 Å². The van der Waals surface area contributed by atoms with Crippen LogP contribution in [0, 0.1) is 12.7 Å². The van der Waals surface area contributed by atoms with Gasteiger partial charge in [-0.2, -0.15) is 0 Å². The zero-order valence-corrected chi connectivity index (χ0v) is 12.4. The van der Waals surface area contributed by atoms with Crippen LogP contribution in [-0.4, -0.2) is 27.0 Å². The zero-order valence-electron chi connectivity index (χ0n) is 11.5. The van der Waals surface area contributed by atoms with Crippen LogP contribution in [0.25, 0.3) is 10.9 Å². The van der Waals surface area contributed by atoms with Crippen molar-refractivity contribution < 1.29 is 14.0 Å². The second-order valence-corrected chi connectivity index (χ2v) is 5.85. The van der Waals surface area contributed by atoms with E-state index in [1.54, 1.807) is 17.6 Å². The first-order valence-corrected chi connectivity index (χ1v) is 7.22. The Hall–Kier alpha value is -2.61. The van der Waals surface area contributed by atoms with Gasteiger partial charge in [0, 0.05) is 22.7 Å². The molecule has 8 heteroatoms. The maximum atomic E-state index is 13.3. The number of anilines is 1. The van der Waals surface area contributed by atoms with E-state index in [1.165, 1.54) is 29.7 Å². The van der Waals surface area contributed by atoms with Gasteiger partial charge in [-0.05, 0) is 25.1 Å². The van der Waals surface area contributed by atoms with Gasteiger partial charge in [0.05, 0.1) is 0 Å². The molecular formula is C14H11FN4O2S. The molecule has 1 N–H and O–H groups in total. The van der Waals surface area contributed by atoms with Crippen molar-refractivity contribution in [3.8, 4) is 0 Å². The molecule has 3 rings (SSSR count). The average molecular weight is 318 g/mol. The fraction of sp³-hybridized carbons (Fsp3) is 0.143. The number of halogens is 1. The third-order valence-electron chi connectivity index (χ3n) is 3.09. The van der Waals surface area contributed by atoms with Crippen LogP contribution in [0.5, 0.6) is 0 Å². The topological polar surface area (TPSA) is 76.9 Å². The van der Waals surface area contributed by atoms with Crippen LogP contribution in [0.15, 0.2) is 24.4 Å². The molecule has 2 aromatic heterocycles. The Morgan fingerprint density at radius 3 is 2.95 bits per heavy atom. The Morgan fingerprint density at radius 2 is 2.27 bits per heavy atom. The van der Waals surface area contributed by atoms with Crippen molar-refractivity contribution in [2.45, 2.75) is 13.5 Å². The number of rotatable bonds is 4. The molecule has 0 bridgehead atoms. The summed E-state index contributed by atoms with van der Waals surface area (Å²) in [5, 5.41) is 11.9. The van der Waals surface area contributed by atoms with Gasteiger partial charge in [0.15, 0.2) is 6.29 Å². The number of nitrogens with zero attached hydrogens (tertiary/aromatic N) is 3. The van der Waals surface area contributed by atoms with Crippen LogP contribution in [0.1, 0.15) is 15.4 Å². The second kappa shape index (κ2) is 5.64. The van der Waals surface area contributed by atoms with E-state index in [4.69, 9.17) is 0 Å². The van der Waals surface area contributed by atoms with E-state index in [-0.39, 0.29) is 12.5 Å². The molecule has 0 aliphatic rings. The number of aldehydes is 1. The van der Waals surface area contributed by atoms with E-state index in [1.807, 2.05) is 0 Å². The number of benzene rings is 1. The number of carbonyl (C=O) groups excluding carboxylic acids is 2. The normalized spacial score (nSPS) is 10.8. The first-order valence-electron chi connectivity index (χ1n) is 6.40. The summed E-state index contributed by atoms with van der Waals surface area (Å²) in [7, 11) is 0. The zero-order chi connectivity index (χ0) is 15.7. The summed E-state index contributed by atoms with van der Waals surface area (Å²) in [5.41, 5.74) is 0.959. The van der Waals surface area contributed by atoms with Crippen LogP contribution in [0.2, 0.25) is 0 Å². The number of hydrogen-bond acceptors (Lipinski definition) is 5. The van der Waals surface area contributed by atoms with E-state index in [2.05, 4.69) is 15.5 Å². The van der Waals surface area contributed by atoms with Crippen molar-refractivity contribution >= 4 is 39.6 Å². The lowest BCUT2D eigenvalue weighted by Crippen LogP contribution is -2.18. The fourth-order valence-electron chi connectivity index (χ4n) is 2.18. The number of hydrogen-bond donors (Lipinski definition) is 1. The van der Waals surface area contributed by atoms with Crippen LogP contribution < -0.4 is 5.32 Å². The fourth-order valence-corrected chi connectivity index (χ4v) is 2.79. The van der Waals surface area contributed by atoms with E-state index in [0.29, 0.717) is 27.9 Å². The Kier molecular flexibility index (Phi) is 3.68. The molecule has 1 amide bonds. The van der Waals surface area contributed by atoms with Gasteiger partial charge >= 0.3 is 0 Å². The minimum absolute atomic E-state index is 0.00536. The highest BCUT2D eigenvalue weighted by Crippen LogP contribution is 2.22. The van der Waals surface area contributed by atoms with E-state index < -0.39 is 5.82 Å². The Balaban J connectivity index is 1.87. The molecule has 6 nitrogen and oxygen atoms in total. The molecule has 0 fully saturated rings. The van der Waals surface area contributed by atoms with Gasteiger partial charge in [-0.1, -0.05) is 11.3 Å². The molecule has 0 unspecified atom stereocenters. The first kappa shape index (κ1) is 14.3. The summed E-state index contributed by atoms with van der Waals surface area (Å²) in [4.78, 5) is 23.1. The lowest BCUT2D eigenvalue weighted by atomic mass is 10.2. The maximum Gasteiger partial charge on any atom is 0.246 e. The molecule has 0 atom stereocenters. The predicted octanol–water partition coefficient (Wildman–Crippen LogP) is 2.39. The molecule has 0 aliphatic heterocycles. The van der Waals surface area contributed by atoms with Crippen molar-refractivity contribution in [2.75, 3.05) is 5.32 Å². The van der Waals surface area contributed by atoms with Crippen molar-refractivity contribution in [1.82, 2.24) is 14.8 Å².